The van der Waals surface area contributed by atoms with Gasteiger partial charge >= 0.3 is 6.08 Å². The molecule has 0 N–H and O–H groups in total. The van der Waals surface area contributed by atoms with E-state index in [1.54, 1.807) is 0 Å². The van der Waals surface area contributed by atoms with Crippen LogP contribution in [0.15, 0.2) is 4.99 Å². The number of hydrogen-bond acceptors (Lipinski definition) is 3. The first-order valence-electron chi connectivity index (χ1n) is 5.29. The Morgan fingerprint density at radius 2 is 1.16 bits per heavy atom. The number of nitrogens with zero attached hydrogens (tertiary/aromatic N) is 1. The molecule has 3 nitrogen and oxygen atoms in total. The lowest BCUT2D eigenvalue weighted by atomic mass is 10.2. The predicted molar refractivity (Wildman–Crippen MR) is 56.6 cm³/mol. The lowest BCUT2D eigenvalue weighted by molar-refractivity contribution is 0.181. The van der Waals surface area contributed by atoms with Crippen molar-refractivity contribution in [3.05, 3.63) is 29.1 Å². The highest BCUT2D eigenvalue weighted by Crippen LogP contribution is 2.29. The normalized spacial score (nSPS) is 10.3. The van der Waals surface area contributed by atoms with Gasteiger partial charge < -0.3 is 9.47 Å². The summed E-state index contributed by atoms with van der Waals surface area (Å²) in [5, 5.41) is 0. The fourth-order valence-electron chi connectivity index (χ4n) is 1.14. The number of aliphatic imine (C=N–C) groups is 1. The molecule has 0 fully saturated rings. The van der Waals surface area contributed by atoms with E-state index in [2.05, 4.69) is 4.99 Å². The second-order valence-corrected chi connectivity index (χ2v) is 3.16. The zero-order chi connectivity index (χ0) is 14.6. The maximum absolute atomic E-state index is 13.3. The molecular formula is C11H10F5NO2. The molecule has 0 aliphatic carbocycles. The minimum Gasteiger partial charge on any atom is -0.451 e. The fraction of sp³-hybridized carbons (Fsp3) is 0.364. The summed E-state index contributed by atoms with van der Waals surface area (Å²) in [6, 6.07) is 0. The van der Waals surface area contributed by atoms with Crippen LogP contribution in [0, 0.1) is 29.1 Å². The molecule has 0 heterocycles. The van der Waals surface area contributed by atoms with E-state index in [0.717, 1.165) is 0 Å². The van der Waals surface area contributed by atoms with Gasteiger partial charge in [-0.3, -0.25) is 0 Å². The van der Waals surface area contributed by atoms with Crippen molar-refractivity contribution in [2.45, 2.75) is 13.8 Å². The minimum absolute atomic E-state index is 0.0498. The van der Waals surface area contributed by atoms with Gasteiger partial charge in [0.1, 0.15) is 5.69 Å². The van der Waals surface area contributed by atoms with Gasteiger partial charge in [0, 0.05) is 0 Å². The van der Waals surface area contributed by atoms with Crippen molar-refractivity contribution < 1.29 is 31.4 Å². The van der Waals surface area contributed by atoms with Gasteiger partial charge in [-0.15, -0.1) is 0 Å². The van der Waals surface area contributed by atoms with Crippen molar-refractivity contribution in [1.29, 1.82) is 0 Å². The second-order valence-electron chi connectivity index (χ2n) is 3.16. The molecule has 0 bridgehead atoms. The zero-order valence-corrected chi connectivity index (χ0v) is 10.1. The van der Waals surface area contributed by atoms with Gasteiger partial charge in [-0.1, -0.05) is 0 Å². The van der Waals surface area contributed by atoms with E-state index < -0.39 is 40.9 Å². The molecular weight excluding hydrogens is 273 g/mol. The third kappa shape index (κ3) is 3.12. The SMILES string of the molecule is CCOC(=Nc1c(F)c(F)c(F)c(F)c1F)OCC. The summed E-state index contributed by atoms with van der Waals surface area (Å²) >= 11 is 0. The van der Waals surface area contributed by atoms with Crippen LogP contribution in [0.2, 0.25) is 0 Å². The van der Waals surface area contributed by atoms with Gasteiger partial charge in [0.2, 0.25) is 5.82 Å². The quantitative estimate of drug-likeness (QED) is 0.280. The zero-order valence-electron chi connectivity index (χ0n) is 10.1. The Hall–Kier alpha value is -1.86. The molecule has 106 valence electrons. The van der Waals surface area contributed by atoms with Crippen LogP contribution in [0.5, 0.6) is 0 Å². The Kier molecular flexibility index (Phi) is 5.08. The molecule has 0 unspecified atom stereocenters. The summed E-state index contributed by atoms with van der Waals surface area (Å²) in [5.41, 5.74) is -1.35. The van der Waals surface area contributed by atoms with Crippen LogP contribution < -0.4 is 0 Å². The largest absolute Gasteiger partial charge is 0.451 e. The first kappa shape index (κ1) is 15.2. The molecule has 0 aliphatic rings. The lowest BCUT2D eigenvalue weighted by Crippen LogP contribution is -2.10. The summed E-state index contributed by atoms with van der Waals surface area (Å²) in [7, 11) is 0. The van der Waals surface area contributed by atoms with Crippen molar-refractivity contribution in [1.82, 2.24) is 0 Å². The molecule has 1 rings (SSSR count). The Bertz CT molecular complexity index is 467. The third-order valence-corrected chi connectivity index (χ3v) is 1.93. The molecule has 0 aliphatic heterocycles. The summed E-state index contributed by atoms with van der Waals surface area (Å²) in [6.45, 7) is 3.17. The van der Waals surface area contributed by atoms with Gasteiger partial charge in [0.15, 0.2) is 23.3 Å². The summed E-state index contributed by atoms with van der Waals surface area (Å²) in [4.78, 5) is 3.18. The maximum Gasteiger partial charge on any atom is 0.388 e. The summed E-state index contributed by atoms with van der Waals surface area (Å²) < 4.78 is 74.8. The van der Waals surface area contributed by atoms with E-state index in [0.29, 0.717) is 0 Å². The first-order chi connectivity index (χ1) is 8.93. The van der Waals surface area contributed by atoms with Crippen molar-refractivity contribution in [3.8, 4) is 0 Å². The van der Waals surface area contributed by atoms with E-state index in [9.17, 15) is 22.0 Å². The number of halogens is 5. The van der Waals surface area contributed by atoms with E-state index >= 15 is 0 Å². The molecule has 19 heavy (non-hydrogen) atoms. The van der Waals surface area contributed by atoms with Gasteiger partial charge in [-0.2, -0.15) is 4.99 Å². The smallest absolute Gasteiger partial charge is 0.388 e. The Morgan fingerprint density at radius 1 is 0.789 bits per heavy atom. The van der Waals surface area contributed by atoms with Gasteiger partial charge in [0.05, 0.1) is 13.2 Å². The van der Waals surface area contributed by atoms with Crippen LogP contribution in [0.25, 0.3) is 0 Å². The monoisotopic (exact) mass is 283 g/mol. The molecule has 0 aromatic heterocycles. The van der Waals surface area contributed by atoms with Crippen LogP contribution in [-0.2, 0) is 9.47 Å². The van der Waals surface area contributed by atoms with Crippen LogP contribution >= 0.6 is 0 Å². The molecule has 0 spiro atoms. The van der Waals surface area contributed by atoms with Gasteiger partial charge in [-0.25, -0.2) is 22.0 Å². The molecule has 0 saturated carbocycles. The molecule has 0 amide bonds. The van der Waals surface area contributed by atoms with E-state index in [1.165, 1.54) is 13.8 Å². The molecule has 0 saturated heterocycles. The molecule has 0 radical (unpaired) electrons. The lowest BCUT2D eigenvalue weighted by Gasteiger charge is -2.08. The predicted octanol–water partition coefficient (Wildman–Crippen LogP) is 3.44. The van der Waals surface area contributed by atoms with Crippen LogP contribution in [0.1, 0.15) is 13.8 Å². The number of benzene rings is 1. The average Bonchev–Trinajstić information content (AvgIpc) is 2.39. The van der Waals surface area contributed by atoms with Crippen LogP contribution in [0.4, 0.5) is 27.6 Å². The summed E-state index contributed by atoms with van der Waals surface area (Å²) in [5.74, 6) is -10.5. The van der Waals surface area contributed by atoms with Crippen LogP contribution in [0.3, 0.4) is 0 Å². The van der Waals surface area contributed by atoms with E-state index in [1.807, 2.05) is 0 Å². The Balaban J connectivity index is 3.37. The molecule has 1 aromatic carbocycles. The standard InChI is InChI=1S/C11H10F5NO2/c1-3-18-11(19-4-2)17-10-8(15)6(13)5(12)7(14)9(10)16/h3-4H2,1-2H3. The number of ether oxygens (including phenoxy) is 2. The third-order valence-electron chi connectivity index (χ3n) is 1.93. The topological polar surface area (TPSA) is 30.8 Å². The fourth-order valence-corrected chi connectivity index (χ4v) is 1.14. The molecule has 1 aromatic rings. The van der Waals surface area contributed by atoms with Crippen molar-refractivity contribution in [2.24, 2.45) is 4.99 Å². The Labute approximate surface area is 105 Å². The number of hydrogen-bond donors (Lipinski definition) is 0. The average molecular weight is 283 g/mol. The maximum atomic E-state index is 13.3. The van der Waals surface area contributed by atoms with Crippen molar-refractivity contribution >= 4 is 11.8 Å². The minimum atomic E-state index is -2.25. The van der Waals surface area contributed by atoms with Gasteiger partial charge in [-0.05, 0) is 13.8 Å². The highest BCUT2D eigenvalue weighted by atomic mass is 19.2. The highest BCUT2D eigenvalue weighted by molar-refractivity contribution is 5.71. The van der Waals surface area contributed by atoms with E-state index in [4.69, 9.17) is 9.47 Å². The van der Waals surface area contributed by atoms with Gasteiger partial charge in [0.25, 0.3) is 0 Å². The Morgan fingerprint density at radius 3 is 1.53 bits per heavy atom. The number of rotatable bonds is 3. The first-order valence-corrected chi connectivity index (χ1v) is 5.29. The van der Waals surface area contributed by atoms with Crippen molar-refractivity contribution in [3.63, 3.8) is 0 Å². The second kappa shape index (κ2) is 6.35. The van der Waals surface area contributed by atoms with Crippen molar-refractivity contribution in [2.75, 3.05) is 13.2 Å². The highest BCUT2D eigenvalue weighted by Gasteiger charge is 2.26. The van der Waals surface area contributed by atoms with Crippen LogP contribution in [-0.4, -0.2) is 19.3 Å². The molecule has 0 atom stereocenters. The van der Waals surface area contributed by atoms with E-state index in [-0.39, 0.29) is 13.2 Å². The summed E-state index contributed by atoms with van der Waals surface area (Å²) in [6.07, 6.45) is -0.576. The molecule has 8 heteroatoms.